The van der Waals surface area contributed by atoms with Crippen LogP contribution in [-0.4, -0.2) is 59.8 Å². The summed E-state index contributed by atoms with van der Waals surface area (Å²) >= 11 is 6.08. The van der Waals surface area contributed by atoms with Gasteiger partial charge in [-0.1, -0.05) is 18.5 Å². The lowest BCUT2D eigenvalue weighted by Gasteiger charge is -2.31. The summed E-state index contributed by atoms with van der Waals surface area (Å²) in [4.78, 5) is 31.5. The van der Waals surface area contributed by atoms with E-state index in [1.165, 1.54) is 4.90 Å². The van der Waals surface area contributed by atoms with Crippen LogP contribution in [0.1, 0.15) is 23.8 Å². The molecule has 21 heavy (non-hydrogen) atoms. The van der Waals surface area contributed by atoms with Gasteiger partial charge in [-0.15, -0.1) is 0 Å². The number of anilines is 1. The first-order valence-corrected chi connectivity index (χ1v) is 7.34. The number of likely N-dealkylation sites (N-methyl/N-ethyl adjacent to an activating group) is 1. The van der Waals surface area contributed by atoms with Gasteiger partial charge in [0.15, 0.2) is 0 Å². The molecule has 7 heteroatoms. The van der Waals surface area contributed by atoms with Crippen molar-refractivity contribution in [2.24, 2.45) is 0 Å². The lowest BCUT2D eigenvalue weighted by Crippen LogP contribution is -2.50. The lowest BCUT2D eigenvalue weighted by atomic mass is 10.2. The summed E-state index contributed by atoms with van der Waals surface area (Å²) in [6.45, 7) is 3.90. The van der Waals surface area contributed by atoms with E-state index < -0.39 is 0 Å². The Balaban J connectivity index is 2.16. The maximum absolute atomic E-state index is 12.5. The molecule has 1 aliphatic heterocycles. The molecule has 2 heterocycles. The minimum atomic E-state index is -0.304. The smallest absolute Gasteiger partial charge is 0.274 e. The van der Waals surface area contributed by atoms with Crippen LogP contribution in [0.25, 0.3) is 0 Å². The van der Waals surface area contributed by atoms with Gasteiger partial charge in [0.1, 0.15) is 18.1 Å². The highest BCUT2D eigenvalue weighted by atomic mass is 35.5. The van der Waals surface area contributed by atoms with Crippen LogP contribution in [0.5, 0.6) is 0 Å². The van der Waals surface area contributed by atoms with E-state index in [1.54, 1.807) is 24.1 Å². The van der Waals surface area contributed by atoms with E-state index in [2.05, 4.69) is 10.3 Å². The molecule has 114 valence electrons. The highest BCUT2D eigenvalue weighted by Gasteiger charge is 2.27. The van der Waals surface area contributed by atoms with Crippen molar-refractivity contribution >= 4 is 29.2 Å². The summed E-state index contributed by atoms with van der Waals surface area (Å²) in [6.07, 6.45) is 0.959. The monoisotopic (exact) mass is 310 g/mol. The molecule has 1 aliphatic rings. The summed E-state index contributed by atoms with van der Waals surface area (Å²) in [5.41, 5.74) is 0.190. The van der Waals surface area contributed by atoms with Gasteiger partial charge in [0.2, 0.25) is 5.91 Å². The van der Waals surface area contributed by atoms with Crippen LogP contribution in [0.2, 0.25) is 5.02 Å². The van der Waals surface area contributed by atoms with Crippen molar-refractivity contribution in [1.29, 1.82) is 0 Å². The number of rotatable bonds is 4. The SMILES string of the molecule is CCCNc1ccc(Cl)c(C(=O)N2CCN(C)C(=O)C2)n1. The molecule has 1 N–H and O–H groups in total. The Labute approximate surface area is 129 Å². The third-order valence-electron chi connectivity index (χ3n) is 3.35. The Hall–Kier alpha value is -1.82. The number of pyridine rings is 1. The average Bonchev–Trinajstić information content (AvgIpc) is 2.48. The first-order valence-electron chi connectivity index (χ1n) is 6.96. The number of nitrogens with one attached hydrogen (secondary N) is 1. The molecule has 0 aromatic carbocycles. The Bertz CT molecular complexity index is 550. The normalized spacial score (nSPS) is 15.3. The van der Waals surface area contributed by atoms with Crippen molar-refractivity contribution in [3.05, 3.63) is 22.8 Å². The van der Waals surface area contributed by atoms with Crippen molar-refractivity contribution in [3.8, 4) is 0 Å². The molecule has 1 aromatic rings. The number of carbonyl (C=O) groups excluding carboxylic acids is 2. The number of hydrogen-bond acceptors (Lipinski definition) is 4. The number of carbonyl (C=O) groups is 2. The first kappa shape index (κ1) is 15.6. The molecular formula is C14H19ClN4O2. The van der Waals surface area contributed by atoms with Crippen LogP contribution in [0, 0.1) is 0 Å². The minimum absolute atomic E-state index is 0.0694. The second-order valence-corrected chi connectivity index (χ2v) is 5.40. The van der Waals surface area contributed by atoms with Gasteiger partial charge in [-0.05, 0) is 18.6 Å². The molecule has 0 atom stereocenters. The van der Waals surface area contributed by atoms with E-state index in [-0.39, 0.29) is 24.1 Å². The van der Waals surface area contributed by atoms with Gasteiger partial charge in [0.05, 0.1) is 5.02 Å². The summed E-state index contributed by atoms with van der Waals surface area (Å²) in [7, 11) is 1.73. The summed E-state index contributed by atoms with van der Waals surface area (Å²) in [5.74, 6) is 0.234. The van der Waals surface area contributed by atoms with Crippen LogP contribution >= 0.6 is 11.6 Å². The molecule has 0 spiro atoms. The van der Waals surface area contributed by atoms with E-state index in [0.717, 1.165) is 13.0 Å². The zero-order valence-corrected chi connectivity index (χ0v) is 13.0. The number of halogens is 1. The van der Waals surface area contributed by atoms with E-state index >= 15 is 0 Å². The van der Waals surface area contributed by atoms with Crippen molar-refractivity contribution in [2.45, 2.75) is 13.3 Å². The first-order chi connectivity index (χ1) is 10.0. The van der Waals surface area contributed by atoms with Crippen LogP contribution in [0.3, 0.4) is 0 Å². The molecule has 0 bridgehead atoms. The zero-order valence-electron chi connectivity index (χ0n) is 12.2. The fraction of sp³-hybridized carbons (Fsp3) is 0.500. The second kappa shape index (κ2) is 6.76. The Morgan fingerprint density at radius 3 is 2.86 bits per heavy atom. The van der Waals surface area contributed by atoms with Crippen molar-refractivity contribution < 1.29 is 9.59 Å². The number of hydrogen-bond donors (Lipinski definition) is 1. The fourth-order valence-corrected chi connectivity index (χ4v) is 2.21. The standard InChI is InChI=1S/C14H19ClN4O2/c1-3-6-16-11-5-4-10(15)13(17-11)14(21)19-8-7-18(2)12(20)9-19/h4-5H,3,6-9H2,1-2H3,(H,16,17). The van der Waals surface area contributed by atoms with Crippen molar-refractivity contribution in [2.75, 3.05) is 38.5 Å². The van der Waals surface area contributed by atoms with E-state index in [1.807, 2.05) is 6.92 Å². The third kappa shape index (κ3) is 3.64. The van der Waals surface area contributed by atoms with Gasteiger partial charge in [-0.25, -0.2) is 4.98 Å². The van der Waals surface area contributed by atoms with Crippen LogP contribution < -0.4 is 5.32 Å². The molecular weight excluding hydrogens is 292 g/mol. The van der Waals surface area contributed by atoms with Gasteiger partial charge in [-0.2, -0.15) is 0 Å². The predicted octanol–water partition coefficient (Wildman–Crippen LogP) is 1.47. The fourth-order valence-electron chi connectivity index (χ4n) is 2.03. The average molecular weight is 311 g/mol. The largest absolute Gasteiger partial charge is 0.370 e. The van der Waals surface area contributed by atoms with Gasteiger partial charge in [0.25, 0.3) is 5.91 Å². The molecule has 2 rings (SSSR count). The molecule has 0 aliphatic carbocycles. The van der Waals surface area contributed by atoms with Crippen molar-refractivity contribution in [1.82, 2.24) is 14.8 Å². The minimum Gasteiger partial charge on any atom is -0.370 e. The highest BCUT2D eigenvalue weighted by Crippen LogP contribution is 2.19. The summed E-state index contributed by atoms with van der Waals surface area (Å²) in [6, 6.07) is 3.39. The molecule has 0 radical (unpaired) electrons. The molecule has 1 aromatic heterocycles. The molecule has 0 unspecified atom stereocenters. The highest BCUT2D eigenvalue weighted by molar-refractivity contribution is 6.33. The lowest BCUT2D eigenvalue weighted by molar-refractivity contribution is -0.133. The number of piperazine rings is 1. The van der Waals surface area contributed by atoms with Crippen molar-refractivity contribution in [3.63, 3.8) is 0 Å². The molecule has 1 saturated heterocycles. The quantitative estimate of drug-likeness (QED) is 0.914. The zero-order chi connectivity index (χ0) is 15.4. The second-order valence-electron chi connectivity index (χ2n) is 5.00. The number of aromatic nitrogens is 1. The topological polar surface area (TPSA) is 65.5 Å². The molecule has 0 saturated carbocycles. The maximum Gasteiger partial charge on any atom is 0.274 e. The Kier molecular flexibility index (Phi) is 5.01. The Morgan fingerprint density at radius 2 is 2.19 bits per heavy atom. The van der Waals surface area contributed by atoms with Gasteiger partial charge in [0, 0.05) is 26.7 Å². The van der Waals surface area contributed by atoms with E-state index in [4.69, 9.17) is 11.6 Å². The summed E-state index contributed by atoms with van der Waals surface area (Å²) < 4.78 is 0. The van der Waals surface area contributed by atoms with E-state index in [0.29, 0.717) is 23.9 Å². The maximum atomic E-state index is 12.5. The molecule has 2 amide bonds. The van der Waals surface area contributed by atoms with Crippen LogP contribution in [0.15, 0.2) is 12.1 Å². The van der Waals surface area contributed by atoms with Gasteiger partial charge >= 0.3 is 0 Å². The molecule has 1 fully saturated rings. The third-order valence-corrected chi connectivity index (χ3v) is 3.65. The molecule has 6 nitrogen and oxygen atoms in total. The Morgan fingerprint density at radius 1 is 1.43 bits per heavy atom. The van der Waals surface area contributed by atoms with Crippen LogP contribution in [-0.2, 0) is 4.79 Å². The van der Waals surface area contributed by atoms with Gasteiger partial charge in [-0.3, -0.25) is 9.59 Å². The number of amides is 2. The van der Waals surface area contributed by atoms with Gasteiger partial charge < -0.3 is 15.1 Å². The predicted molar refractivity (Wildman–Crippen MR) is 81.6 cm³/mol. The summed E-state index contributed by atoms with van der Waals surface area (Å²) in [5, 5.41) is 3.42. The number of nitrogens with zero attached hydrogens (tertiary/aromatic N) is 3. The van der Waals surface area contributed by atoms with Crippen LogP contribution in [0.4, 0.5) is 5.82 Å². The van der Waals surface area contributed by atoms with E-state index in [9.17, 15) is 9.59 Å².